The molecule has 2 N–H and O–H groups in total. The number of carbonyl (C=O) groups excluding carboxylic acids is 1. The molecule has 1 spiro atoms. The molecule has 2 aliphatic rings. The first-order valence-electron chi connectivity index (χ1n) is 3.87. The van der Waals surface area contributed by atoms with Gasteiger partial charge in [0.25, 0.3) is 0 Å². The maximum atomic E-state index is 11.3. The zero-order chi connectivity index (χ0) is 7.03. The number of carbonyl (C=O) groups is 1. The smallest absolute Gasteiger partial charge is 0.169 e. The van der Waals surface area contributed by atoms with Crippen LogP contribution in [0.1, 0.15) is 25.7 Å². The molecule has 1 saturated heterocycles. The topological polar surface area (TPSA) is 41.1 Å². The Morgan fingerprint density at radius 3 is 2.50 bits per heavy atom. The van der Waals surface area contributed by atoms with Crippen molar-refractivity contribution in [3.63, 3.8) is 0 Å². The van der Waals surface area contributed by atoms with E-state index in [1.165, 1.54) is 12.8 Å². The number of hydrazine groups is 1. The van der Waals surface area contributed by atoms with E-state index in [1.54, 1.807) is 0 Å². The van der Waals surface area contributed by atoms with E-state index in [0.717, 1.165) is 12.8 Å². The summed E-state index contributed by atoms with van der Waals surface area (Å²) in [6, 6.07) is 0. The molecule has 1 saturated carbocycles. The van der Waals surface area contributed by atoms with E-state index in [9.17, 15) is 4.79 Å². The highest BCUT2D eigenvalue weighted by Crippen LogP contribution is 2.31. The van der Waals surface area contributed by atoms with Crippen LogP contribution in [0.3, 0.4) is 0 Å². The molecule has 0 aromatic carbocycles. The zero-order valence-corrected chi connectivity index (χ0v) is 5.94. The molecule has 10 heavy (non-hydrogen) atoms. The fourth-order valence-electron chi connectivity index (χ4n) is 1.91. The maximum absolute atomic E-state index is 11.3. The van der Waals surface area contributed by atoms with Crippen molar-refractivity contribution in [1.82, 2.24) is 10.9 Å². The summed E-state index contributed by atoms with van der Waals surface area (Å²) in [4.78, 5) is 11.3. The summed E-state index contributed by atoms with van der Waals surface area (Å²) in [6.07, 6.45) is 4.44. The average molecular weight is 140 g/mol. The lowest BCUT2D eigenvalue weighted by molar-refractivity contribution is -0.121. The number of ketones is 1. The summed E-state index contributed by atoms with van der Waals surface area (Å²) in [5, 5.41) is 0. The summed E-state index contributed by atoms with van der Waals surface area (Å²) in [5.74, 6) is 0.352. The van der Waals surface area contributed by atoms with Gasteiger partial charge in [0, 0.05) is 0 Å². The molecular formula is C7H12N2O. The fourth-order valence-corrected chi connectivity index (χ4v) is 1.91. The van der Waals surface area contributed by atoms with Crippen LogP contribution in [0.2, 0.25) is 0 Å². The van der Waals surface area contributed by atoms with Crippen molar-refractivity contribution in [2.45, 2.75) is 31.2 Å². The third-order valence-electron chi connectivity index (χ3n) is 2.57. The normalized spacial score (nSPS) is 30.2. The molecule has 2 fully saturated rings. The van der Waals surface area contributed by atoms with Crippen molar-refractivity contribution in [1.29, 1.82) is 0 Å². The Kier molecular flexibility index (Phi) is 1.28. The van der Waals surface area contributed by atoms with Gasteiger partial charge in [-0.2, -0.15) is 0 Å². The van der Waals surface area contributed by atoms with Crippen molar-refractivity contribution in [3.8, 4) is 0 Å². The van der Waals surface area contributed by atoms with Crippen LogP contribution in [-0.2, 0) is 4.79 Å². The number of hydrogen-bond acceptors (Lipinski definition) is 3. The lowest BCUT2D eigenvalue weighted by Crippen LogP contribution is -2.44. The molecule has 3 nitrogen and oxygen atoms in total. The highest BCUT2D eigenvalue weighted by atomic mass is 16.1. The maximum Gasteiger partial charge on any atom is 0.169 e. The number of rotatable bonds is 0. The highest BCUT2D eigenvalue weighted by Gasteiger charge is 2.43. The molecule has 0 radical (unpaired) electrons. The summed E-state index contributed by atoms with van der Waals surface area (Å²) in [6.45, 7) is 0.514. The van der Waals surface area contributed by atoms with E-state index in [0.29, 0.717) is 12.3 Å². The second kappa shape index (κ2) is 2.04. The molecule has 0 unspecified atom stereocenters. The number of nitrogens with one attached hydrogen (secondary N) is 2. The Balaban J connectivity index is 2.19. The second-order valence-corrected chi connectivity index (χ2v) is 3.19. The van der Waals surface area contributed by atoms with Gasteiger partial charge in [0.05, 0.1) is 12.1 Å². The molecule has 56 valence electrons. The first-order valence-corrected chi connectivity index (χ1v) is 3.87. The minimum absolute atomic E-state index is 0.153. The van der Waals surface area contributed by atoms with Gasteiger partial charge >= 0.3 is 0 Å². The van der Waals surface area contributed by atoms with Crippen LogP contribution in [0.25, 0.3) is 0 Å². The van der Waals surface area contributed by atoms with Gasteiger partial charge in [0.2, 0.25) is 0 Å². The van der Waals surface area contributed by atoms with Crippen molar-refractivity contribution >= 4 is 5.78 Å². The van der Waals surface area contributed by atoms with E-state index < -0.39 is 0 Å². The Morgan fingerprint density at radius 1 is 1.30 bits per heavy atom. The lowest BCUT2D eigenvalue weighted by Gasteiger charge is -2.19. The molecule has 0 aromatic rings. The standard InChI is InChI=1S/C7H12N2O/c10-6-5-8-9-7(6)3-1-2-4-7/h8-9H,1-5H2. The quantitative estimate of drug-likeness (QED) is 0.496. The van der Waals surface area contributed by atoms with E-state index in [2.05, 4.69) is 10.9 Å². The van der Waals surface area contributed by atoms with Gasteiger partial charge in [0.15, 0.2) is 5.78 Å². The molecule has 1 aliphatic carbocycles. The van der Waals surface area contributed by atoms with Crippen molar-refractivity contribution < 1.29 is 4.79 Å². The summed E-state index contributed by atoms with van der Waals surface area (Å²) in [5.41, 5.74) is 5.83. The minimum Gasteiger partial charge on any atom is -0.296 e. The Morgan fingerprint density at radius 2 is 2.00 bits per heavy atom. The van der Waals surface area contributed by atoms with Crippen LogP contribution >= 0.6 is 0 Å². The fraction of sp³-hybridized carbons (Fsp3) is 0.857. The van der Waals surface area contributed by atoms with E-state index in [4.69, 9.17) is 0 Å². The molecule has 0 bridgehead atoms. The van der Waals surface area contributed by atoms with Gasteiger partial charge in [0.1, 0.15) is 0 Å². The predicted octanol–water partition coefficient (Wildman–Crippen LogP) is -0.0239. The largest absolute Gasteiger partial charge is 0.296 e. The minimum atomic E-state index is -0.153. The monoisotopic (exact) mass is 140 g/mol. The van der Waals surface area contributed by atoms with Gasteiger partial charge in [-0.25, -0.2) is 10.9 Å². The Bertz CT molecular complexity index is 155. The predicted molar refractivity (Wildman–Crippen MR) is 37.3 cm³/mol. The molecular weight excluding hydrogens is 128 g/mol. The summed E-state index contributed by atoms with van der Waals surface area (Å²) >= 11 is 0. The molecule has 2 rings (SSSR count). The second-order valence-electron chi connectivity index (χ2n) is 3.19. The van der Waals surface area contributed by atoms with Crippen LogP contribution in [0, 0.1) is 0 Å². The van der Waals surface area contributed by atoms with E-state index in [-0.39, 0.29) is 5.54 Å². The van der Waals surface area contributed by atoms with Crippen molar-refractivity contribution in [3.05, 3.63) is 0 Å². The first-order chi connectivity index (χ1) is 4.83. The first kappa shape index (κ1) is 6.31. The van der Waals surface area contributed by atoms with Crippen LogP contribution in [0.4, 0.5) is 0 Å². The van der Waals surface area contributed by atoms with Gasteiger partial charge in [-0.3, -0.25) is 4.79 Å². The zero-order valence-electron chi connectivity index (χ0n) is 5.94. The Labute approximate surface area is 60.1 Å². The molecule has 0 aromatic heterocycles. The lowest BCUT2D eigenvalue weighted by atomic mass is 9.95. The van der Waals surface area contributed by atoms with Crippen LogP contribution in [0.5, 0.6) is 0 Å². The summed E-state index contributed by atoms with van der Waals surface area (Å²) < 4.78 is 0. The molecule has 3 heteroatoms. The van der Waals surface area contributed by atoms with Gasteiger partial charge in [-0.05, 0) is 12.8 Å². The number of Topliss-reactive ketones (excluding diaryl/α,β-unsaturated/α-hetero) is 1. The summed E-state index contributed by atoms with van der Waals surface area (Å²) in [7, 11) is 0. The van der Waals surface area contributed by atoms with Gasteiger partial charge in [-0.15, -0.1) is 0 Å². The van der Waals surface area contributed by atoms with Gasteiger partial charge < -0.3 is 0 Å². The van der Waals surface area contributed by atoms with Crippen LogP contribution < -0.4 is 10.9 Å². The van der Waals surface area contributed by atoms with Crippen LogP contribution in [-0.4, -0.2) is 17.9 Å². The third kappa shape index (κ3) is 0.707. The SMILES string of the molecule is O=C1CNNC12CCCC2. The Hall–Kier alpha value is -0.410. The van der Waals surface area contributed by atoms with Crippen molar-refractivity contribution in [2.75, 3.05) is 6.54 Å². The number of hydrogen-bond donors (Lipinski definition) is 2. The van der Waals surface area contributed by atoms with E-state index >= 15 is 0 Å². The van der Waals surface area contributed by atoms with Crippen molar-refractivity contribution in [2.24, 2.45) is 0 Å². The molecule has 1 heterocycles. The average Bonchev–Trinajstić information content (AvgIpc) is 2.48. The van der Waals surface area contributed by atoms with Crippen LogP contribution in [0.15, 0.2) is 0 Å². The highest BCUT2D eigenvalue weighted by molar-refractivity contribution is 5.92. The third-order valence-corrected chi connectivity index (χ3v) is 2.57. The molecule has 0 atom stereocenters. The molecule has 1 aliphatic heterocycles. The van der Waals surface area contributed by atoms with Gasteiger partial charge in [-0.1, -0.05) is 12.8 Å². The molecule has 0 amide bonds. The van der Waals surface area contributed by atoms with E-state index in [1.807, 2.05) is 0 Å².